The molecule has 3 nitrogen and oxygen atoms in total. The van der Waals surface area contributed by atoms with E-state index in [1.807, 2.05) is 0 Å². The van der Waals surface area contributed by atoms with E-state index < -0.39 is 0 Å². The van der Waals surface area contributed by atoms with Crippen LogP contribution in [0, 0.1) is 5.92 Å². The van der Waals surface area contributed by atoms with E-state index in [0.29, 0.717) is 12.1 Å². The molecule has 3 atom stereocenters. The molecule has 2 fully saturated rings. The molecule has 0 aromatic carbocycles. The van der Waals surface area contributed by atoms with Gasteiger partial charge in [-0.1, -0.05) is 20.3 Å². The van der Waals surface area contributed by atoms with Gasteiger partial charge in [0.2, 0.25) is 0 Å². The van der Waals surface area contributed by atoms with Gasteiger partial charge in [0, 0.05) is 25.2 Å². The van der Waals surface area contributed by atoms with Crippen LogP contribution in [-0.4, -0.2) is 49.8 Å². The normalized spacial score (nSPS) is 34.2. The Labute approximate surface area is 106 Å². The van der Waals surface area contributed by atoms with Crippen LogP contribution in [0.5, 0.6) is 0 Å². The van der Waals surface area contributed by atoms with Gasteiger partial charge in [0.05, 0.1) is 6.61 Å². The largest absolute Gasteiger partial charge is 0.380 e. The van der Waals surface area contributed by atoms with Crippen LogP contribution >= 0.6 is 0 Å². The van der Waals surface area contributed by atoms with Crippen LogP contribution in [-0.2, 0) is 4.74 Å². The van der Waals surface area contributed by atoms with Gasteiger partial charge in [-0.05, 0) is 38.3 Å². The van der Waals surface area contributed by atoms with Gasteiger partial charge < -0.3 is 10.1 Å². The summed E-state index contributed by atoms with van der Waals surface area (Å²) in [5.74, 6) is 0.778. The lowest BCUT2D eigenvalue weighted by molar-refractivity contribution is 0.0155. The maximum absolute atomic E-state index is 5.64. The zero-order chi connectivity index (χ0) is 12.1. The molecule has 3 heteroatoms. The first-order chi connectivity index (χ1) is 8.31. The Balaban J connectivity index is 1.91. The van der Waals surface area contributed by atoms with Crippen molar-refractivity contribution in [1.82, 2.24) is 10.2 Å². The standard InChI is InChI=1S/C14H28N2O/c1-3-12(2)14-10-16(8-5-7-15-14)13-6-4-9-17-11-13/h12-15H,3-11H2,1-2H3. The molecule has 0 aliphatic carbocycles. The lowest BCUT2D eigenvalue weighted by Crippen LogP contribution is -2.48. The lowest BCUT2D eigenvalue weighted by Gasteiger charge is -2.36. The van der Waals surface area contributed by atoms with Crippen molar-refractivity contribution in [3.63, 3.8) is 0 Å². The van der Waals surface area contributed by atoms with Gasteiger partial charge in [-0.2, -0.15) is 0 Å². The van der Waals surface area contributed by atoms with Crippen molar-refractivity contribution < 1.29 is 4.74 Å². The molecule has 0 radical (unpaired) electrons. The first-order valence-electron chi connectivity index (χ1n) is 7.36. The number of nitrogens with one attached hydrogen (secondary N) is 1. The van der Waals surface area contributed by atoms with Gasteiger partial charge in [-0.25, -0.2) is 0 Å². The quantitative estimate of drug-likeness (QED) is 0.815. The monoisotopic (exact) mass is 240 g/mol. The highest BCUT2D eigenvalue weighted by molar-refractivity contribution is 4.84. The topological polar surface area (TPSA) is 24.5 Å². The highest BCUT2D eigenvalue weighted by Gasteiger charge is 2.27. The third kappa shape index (κ3) is 3.67. The van der Waals surface area contributed by atoms with Crippen molar-refractivity contribution in [2.75, 3.05) is 32.8 Å². The molecular weight excluding hydrogens is 212 g/mol. The van der Waals surface area contributed by atoms with E-state index in [1.165, 1.54) is 45.3 Å². The molecule has 100 valence electrons. The summed E-state index contributed by atoms with van der Waals surface area (Å²) >= 11 is 0. The summed E-state index contributed by atoms with van der Waals surface area (Å²) in [6.45, 7) is 10.2. The van der Waals surface area contributed by atoms with Crippen molar-refractivity contribution in [2.24, 2.45) is 5.92 Å². The molecular formula is C14H28N2O. The zero-order valence-corrected chi connectivity index (χ0v) is 11.5. The fourth-order valence-electron chi connectivity index (χ4n) is 2.99. The molecule has 0 aromatic heterocycles. The zero-order valence-electron chi connectivity index (χ0n) is 11.5. The number of nitrogens with zero attached hydrogens (tertiary/aromatic N) is 1. The number of hydrogen-bond donors (Lipinski definition) is 1. The molecule has 3 unspecified atom stereocenters. The van der Waals surface area contributed by atoms with Crippen molar-refractivity contribution in [1.29, 1.82) is 0 Å². The highest BCUT2D eigenvalue weighted by atomic mass is 16.5. The molecule has 0 aromatic rings. The Morgan fingerprint density at radius 3 is 3.00 bits per heavy atom. The van der Waals surface area contributed by atoms with Crippen LogP contribution in [0.15, 0.2) is 0 Å². The number of ether oxygens (including phenoxy) is 1. The second kappa shape index (κ2) is 6.72. The first kappa shape index (κ1) is 13.3. The summed E-state index contributed by atoms with van der Waals surface area (Å²) in [5, 5.41) is 3.72. The molecule has 0 bridgehead atoms. The van der Waals surface area contributed by atoms with E-state index >= 15 is 0 Å². The Kier molecular flexibility index (Phi) is 5.26. The molecule has 1 N–H and O–H groups in total. The second-order valence-corrected chi connectivity index (χ2v) is 5.67. The van der Waals surface area contributed by atoms with Crippen LogP contribution in [0.25, 0.3) is 0 Å². The smallest absolute Gasteiger partial charge is 0.0621 e. The summed E-state index contributed by atoms with van der Waals surface area (Å²) in [4.78, 5) is 2.68. The minimum absolute atomic E-state index is 0.671. The van der Waals surface area contributed by atoms with E-state index in [4.69, 9.17) is 4.74 Å². The van der Waals surface area contributed by atoms with Gasteiger partial charge in [0.25, 0.3) is 0 Å². The van der Waals surface area contributed by atoms with Crippen LogP contribution in [0.4, 0.5) is 0 Å². The second-order valence-electron chi connectivity index (χ2n) is 5.67. The van der Waals surface area contributed by atoms with Gasteiger partial charge in [0.15, 0.2) is 0 Å². The summed E-state index contributed by atoms with van der Waals surface area (Å²) in [7, 11) is 0. The minimum atomic E-state index is 0.671. The minimum Gasteiger partial charge on any atom is -0.380 e. The molecule has 2 saturated heterocycles. The van der Waals surface area contributed by atoms with E-state index in [1.54, 1.807) is 0 Å². The summed E-state index contributed by atoms with van der Waals surface area (Å²) in [6.07, 6.45) is 5.12. The average Bonchev–Trinajstić information content (AvgIpc) is 2.64. The first-order valence-corrected chi connectivity index (χ1v) is 7.36. The molecule has 2 aliphatic rings. The Morgan fingerprint density at radius 1 is 1.41 bits per heavy atom. The summed E-state index contributed by atoms with van der Waals surface area (Å²) < 4.78 is 5.64. The molecule has 2 aliphatic heterocycles. The van der Waals surface area contributed by atoms with Gasteiger partial charge in [-0.3, -0.25) is 4.90 Å². The van der Waals surface area contributed by atoms with E-state index in [2.05, 4.69) is 24.1 Å². The Morgan fingerprint density at radius 2 is 2.29 bits per heavy atom. The summed E-state index contributed by atoms with van der Waals surface area (Å²) in [6, 6.07) is 1.35. The number of rotatable bonds is 3. The maximum Gasteiger partial charge on any atom is 0.0621 e. The van der Waals surface area contributed by atoms with Crippen molar-refractivity contribution in [2.45, 2.75) is 51.6 Å². The van der Waals surface area contributed by atoms with Crippen molar-refractivity contribution in [3.8, 4) is 0 Å². The highest BCUT2D eigenvalue weighted by Crippen LogP contribution is 2.18. The third-order valence-electron chi connectivity index (χ3n) is 4.44. The van der Waals surface area contributed by atoms with Crippen LogP contribution in [0.2, 0.25) is 0 Å². The fraction of sp³-hybridized carbons (Fsp3) is 1.00. The molecule has 2 rings (SSSR count). The molecule has 0 saturated carbocycles. The predicted molar refractivity (Wildman–Crippen MR) is 71.3 cm³/mol. The van der Waals surface area contributed by atoms with E-state index in [-0.39, 0.29) is 0 Å². The van der Waals surface area contributed by atoms with E-state index in [9.17, 15) is 0 Å². The van der Waals surface area contributed by atoms with Crippen LogP contribution < -0.4 is 5.32 Å². The van der Waals surface area contributed by atoms with Crippen molar-refractivity contribution >= 4 is 0 Å². The molecule has 0 amide bonds. The Bertz CT molecular complexity index is 216. The van der Waals surface area contributed by atoms with Crippen LogP contribution in [0.3, 0.4) is 0 Å². The molecule has 2 heterocycles. The third-order valence-corrected chi connectivity index (χ3v) is 4.44. The van der Waals surface area contributed by atoms with Gasteiger partial charge >= 0.3 is 0 Å². The predicted octanol–water partition coefficient (Wildman–Crippen LogP) is 1.88. The SMILES string of the molecule is CCC(C)C1CN(C2CCCOC2)CCCN1. The summed E-state index contributed by atoms with van der Waals surface area (Å²) in [5.41, 5.74) is 0. The fourth-order valence-corrected chi connectivity index (χ4v) is 2.99. The lowest BCUT2D eigenvalue weighted by atomic mass is 9.98. The van der Waals surface area contributed by atoms with Crippen LogP contribution in [0.1, 0.15) is 39.5 Å². The van der Waals surface area contributed by atoms with Crippen molar-refractivity contribution in [3.05, 3.63) is 0 Å². The molecule has 0 spiro atoms. The van der Waals surface area contributed by atoms with E-state index in [0.717, 1.165) is 19.1 Å². The molecule has 17 heavy (non-hydrogen) atoms. The average molecular weight is 240 g/mol. The Hall–Kier alpha value is -0.120. The maximum atomic E-state index is 5.64. The number of hydrogen-bond acceptors (Lipinski definition) is 3. The van der Waals surface area contributed by atoms with Gasteiger partial charge in [0.1, 0.15) is 0 Å². The van der Waals surface area contributed by atoms with Gasteiger partial charge in [-0.15, -0.1) is 0 Å².